The fourth-order valence-electron chi connectivity index (χ4n) is 2.17. The van der Waals surface area contributed by atoms with E-state index in [1.165, 1.54) is 0 Å². The van der Waals surface area contributed by atoms with Crippen molar-refractivity contribution in [3.63, 3.8) is 0 Å². The summed E-state index contributed by atoms with van der Waals surface area (Å²) in [7, 11) is 4.03. The van der Waals surface area contributed by atoms with Gasteiger partial charge >= 0.3 is 6.03 Å². The highest BCUT2D eigenvalue weighted by molar-refractivity contribution is 5.89. The first kappa shape index (κ1) is 15.9. The van der Waals surface area contributed by atoms with Crippen molar-refractivity contribution in [2.75, 3.05) is 30.9 Å². The van der Waals surface area contributed by atoms with Crippen LogP contribution in [0.4, 0.5) is 16.2 Å². The van der Waals surface area contributed by atoms with Crippen LogP contribution in [-0.2, 0) is 6.54 Å². The normalized spacial score (nSPS) is 10.1. The molecule has 0 saturated heterocycles. The Morgan fingerprint density at radius 3 is 2.18 bits per heavy atom. The van der Waals surface area contributed by atoms with E-state index in [0.29, 0.717) is 13.1 Å². The average Bonchev–Trinajstić information content (AvgIpc) is 2.53. The number of hydrogen-bond acceptors (Lipinski definition) is 2. The summed E-state index contributed by atoms with van der Waals surface area (Å²) in [5, 5.41) is 2.92. The van der Waals surface area contributed by atoms with Crippen molar-refractivity contribution in [2.45, 2.75) is 13.5 Å². The molecule has 2 aromatic rings. The Balaban J connectivity index is 2.00. The second-order valence-electron chi connectivity index (χ2n) is 5.37. The zero-order valence-electron chi connectivity index (χ0n) is 13.4. The number of para-hydroxylation sites is 1. The maximum Gasteiger partial charge on any atom is 0.322 e. The third-order valence-electron chi connectivity index (χ3n) is 3.52. The standard InChI is InChI=1S/C18H23N3O/c1-4-21(18(22)19-16-8-6-5-7-9-16)14-15-10-12-17(13-11-15)20(2)3/h5-13H,4,14H2,1-3H3,(H,19,22). The molecule has 2 rings (SSSR count). The minimum Gasteiger partial charge on any atom is -0.378 e. The molecule has 1 N–H and O–H groups in total. The van der Waals surface area contributed by atoms with Gasteiger partial charge in [0.2, 0.25) is 0 Å². The number of nitrogens with one attached hydrogen (secondary N) is 1. The maximum absolute atomic E-state index is 12.3. The van der Waals surface area contributed by atoms with Crippen LogP contribution in [-0.4, -0.2) is 31.6 Å². The van der Waals surface area contributed by atoms with E-state index in [0.717, 1.165) is 16.9 Å². The summed E-state index contributed by atoms with van der Waals surface area (Å²) in [4.78, 5) is 16.2. The predicted molar refractivity (Wildman–Crippen MR) is 92.3 cm³/mol. The highest BCUT2D eigenvalue weighted by Gasteiger charge is 2.12. The number of urea groups is 1. The van der Waals surface area contributed by atoms with Crippen molar-refractivity contribution in [1.29, 1.82) is 0 Å². The van der Waals surface area contributed by atoms with E-state index in [2.05, 4.69) is 34.5 Å². The van der Waals surface area contributed by atoms with Gasteiger partial charge in [-0.05, 0) is 36.8 Å². The summed E-state index contributed by atoms with van der Waals surface area (Å²) >= 11 is 0. The van der Waals surface area contributed by atoms with Crippen LogP contribution in [0.15, 0.2) is 54.6 Å². The second kappa shape index (κ2) is 7.50. The Kier molecular flexibility index (Phi) is 5.42. The largest absolute Gasteiger partial charge is 0.378 e. The lowest BCUT2D eigenvalue weighted by molar-refractivity contribution is 0.212. The Hall–Kier alpha value is -2.49. The first-order valence-corrected chi connectivity index (χ1v) is 7.47. The van der Waals surface area contributed by atoms with Gasteiger partial charge < -0.3 is 15.1 Å². The van der Waals surface area contributed by atoms with Crippen molar-refractivity contribution in [2.24, 2.45) is 0 Å². The smallest absolute Gasteiger partial charge is 0.322 e. The highest BCUT2D eigenvalue weighted by atomic mass is 16.2. The Labute approximate surface area is 132 Å². The van der Waals surface area contributed by atoms with E-state index >= 15 is 0 Å². The average molecular weight is 297 g/mol. The number of rotatable bonds is 5. The van der Waals surface area contributed by atoms with Gasteiger partial charge in [0, 0.05) is 38.6 Å². The fourth-order valence-corrected chi connectivity index (χ4v) is 2.17. The van der Waals surface area contributed by atoms with Crippen LogP contribution in [0.1, 0.15) is 12.5 Å². The quantitative estimate of drug-likeness (QED) is 0.911. The fraction of sp³-hybridized carbons (Fsp3) is 0.278. The van der Waals surface area contributed by atoms with Crippen molar-refractivity contribution in [1.82, 2.24) is 4.90 Å². The molecule has 116 valence electrons. The summed E-state index contributed by atoms with van der Waals surface area (Å²) in [6.45, 7) is 3.25. The van der Waals surface area contributed by atoms with Gasteiger partial charge in [-0.2, -0.15) is 0 Å². The van der Waals surface area contributed by atoms with Gasteiger partial charge in [-0.3, -0.25) is 0 Å². The zero-order chi connectivity index (χ0) is 15.9. The number of carbonyl (C=O) groups is 1. The van der Waals surface area contributed by atoms with E-state index in [1.807, 2.05) is 51.4 Å². The lowest BCUT2D eigenvalue weighted by Crippen LogP contribution is -2.34. The maximum atomic E-state index is 12.3. The van der Waals surface area contributed by atoms with E-state index in [9.17, 15) is 4.79 Å². The molecule has 0 fully saturated rings. The molecule has 2 aromatic carbocycles. The van der Waals surface area contributed by atoms with Crippen LogP contribution in [0.5, 0.6) is 0 Å². The number of nitrogens with zero attached hydrogens (tertiary/aromatic N) is 2. The van der Waals surface area contributed by atoms with Crippen molar-refractivity contribution in [3.05, 3.63) is 60.2 Å². The van der Waals surface area contributed by atoms with Gasteiger partial charge in [0.25, 0.3) is 0 Å². The number of hydrogen-bond donors (Lipinski definition) is 1. The van der Waals surface area contributed by atoms with Gasteiger partial charge in [-0.25, -0.2) is 4.79 Å². The lowest BCUT2D eigenvalue weighted by Gasteiger charge is -2.22. The molecule has 0 unspecified atom stereocenters. The molecule has 0 heterocycles. The second-order valence-corrected chi connectivity index (χ2v) is 5.37. The molecule has 4 nitrogen and oxygen atoms in total. The molecule has 0 atom stereocenters. The SMILES string of the molecule is CCN(Cc1ccc(N(C)C)cc1)C(=O)Nc1ccccc1. The monoisotopic (exact) mass is 297 g/mol. The number of carbonyl (C=O) groups excluding carboxylic acids is 1. The summed E-state index contributed by atoms with van der Waals surface area (Å²) in [5.41, 5.74) is 3.09. The van der Waals surface area contributed by atoms with E-state index in [1.54, 1.807) is 4.90 Å². The van der Waals surface area contributed by atoms with Crippen LogP contribution in [0.2, 0.25) is 0 Å². The van der Waals surface area contributed by atoms with Crippen LogP contribution < -0.4 is 10.2 Å². The van der Waals surface area contributed by atoms with Crippen LogP contribution in [0, 0.1) is 0 Å². The van der Waals surface area contributed by atoms with E-state index < -0.39 is 0 Å². The number of anilines is 2. The van der Waals surface area contributed by atoms with Crippen LogP contribution in [0.3, 0.4) is 0 Å². The lowest BCUT2D eigenvalue weighted by atomic mass is 10.2. The number of amides is 2. The molecule has 0 spiro atoms. The number of benzene rings is 2. The third kappa shape index (κ3) is 4.25. The molecular formula is C18H23N3O. The summed E-state index contributed by atoms with van der Waals surface area (Å²) < 4.78 is 0. The van der Waals surface area contributed by atoms with Crippen molar-refractivity contribution in [3.8, 4) is 0 Å². The first-order chi connectivity index (χ1) is 10.6. The summed E-state index contributed by atoms with van der Waals surface area (Å²) in [6.07, 6.45) is 0. The summed E-state index contributed by atoms with van der Waals surface area (Å²) in [6, 6.07) is 17.7. The first-order valence-electron chi connectivity index (χ1n) is 7.47. The molecule has 0 aliphatic heterocycles. The van der Waals surface area contributed by atoms with Gasteiger partial charge in [0.1, 0.15) is 0 Å². The Bertz CT molecular complexity index is 593. The molecule has 22 heavy (non-hydrogen) atoms. The molecule has 2 amide bonds. The van der Waals surface area contributed by atoms with Gasteiger partial charge in [-0.1, -0.05) is 30.3 Å². The van der Waals surface area contributed by atoms with Gasteiger partial charge in [-0.15, -0.1) is 0 Å². The van der Waals surface area contributed by atoms with Gasteiger partial charge in [0.15, 0.2) is 0 Å². The van der Waals surface area contributed by atoms with Crippen molar-refractivity contribution >= 4 is 17.4 Å². The molecule has 0 radical (unpaired) electrons. The highest BCUT2D eigenvalue weighted by Crippen LogP contribution is 2.14. The van der Waals surface area contributed by atoms with E-state index in [4.69, 9.17) is 0 Å². The predicted octanol–water partition coefficient (Wildman–Crippen LogP) is 3.81. The summed E-state index contributed by atoms with van der Waals surface area (Å²) in [5.74, 6) is 0. The zero-order valence-corrected chi connectivity index (χ0v) is 13.4. The van der Waals surface area contributed by atoms with Crippen molar-refractivity contribution < 1.29 is 4.79 Å². The third-order valence-corrected chi connectivity index (χ3v) is 3.52. The molecule has 0 aliphatic carbocycles. The molecule has 0 saturated carbocycles. The van der Waals surface area contributed by atoms with Crippen LogP contribution in [0.25, 0.3) is 0 Å². The molecule has 0 bridgehead atoms. The van der Waals surface area contributed by atoms with E-state index in [-0.39, 0.29) is 6.03 Å². The van der Waals surface area contributed by atoms with Gasteiger partial charge in [0.05, 0.1) is 0 Å². The van der Waals surface area contributed by atoms with Crippen LogP contribution >= 0.6 is 0 Å². The topological polar surface area (TPSA) is 35.6 Å². The minimum absolute atomic E-state index is 0.0783. The Morgan fingerprint density at radius 2 is 1.64 bits per heavy atom. The molecular weight excluding hydrogens is 274 g/mol. The minimum atomic E-state index is -0.0783. The molecule has 4 heteroatoms. The Morgan fingerprint density at radius 1 is 1.00 bits per heavy atom. The molecule has 0 aromatic heterocycles. The molecule has 0 aliphatic rings.